The van der Waals surface area contributed by atoms with Crippen LogP contribution in [0.15, 0.2) is 18.2 Å². The molecular formula is C18H28N2. The van der Waals surface area contributed by atoms with Gasteiger partial charge in [-0.15, -0.1) is 0 Å². The predicted molar refractivity (Wildman–Crippen MR) is 85.9 cm³/mol. The molecule has 2 aliphatic rings. The van der Waals surface area contributed by atoms with Gasteiger partial charge in [-0.1, -0.05) is 33.8 Å². The lowest BCUT2D eigenvalue weighted by atomic mass is 9.59. The second-order valence-electron chi connectivity index (χ2n) is 7.53. The van der Waals surface area contributed by atoms with Crippen molar-refractivity contribution < 1.29 is 0 Å². The maximum atomic E-state index is 6.04. The van der Waals surface area contributed by atoms with Gasteiger partial charge >= 0.3 is 0 Å². The summed E-state index contributed by atoms with van der Waals surface area (Å²) in [6, 6.07) is 7.27. The Morgan fingerprint density at radius 1 is 1.40 bits per heavy atom. The monoisotopic (exact) mass is 272 g/mol. The lowest BCUT2D eigenvalue weighted by Crippen LogP contribution is -2.58. The fourth-order valence-electron chi connectivity index (χ4n) is 4.42. The molecule has 0 radical (unpaired) electrons. The molecule has 2 bridgehead atoms. The number of rotatable bonds is 2. The van der Waals surface area contributed by atoms with Crippen LogP contribution in [0.25, 0.3) is 0 Å². The second kappa shape index (κ2) is 4.77. The number of hydrogen-bond acceptors (Lipinski definition) is 2. The summed E-state index contributed by atoms with van der Waals surface area (Å²) in [4.78, 5) is 2.73. The van der Waals surface area contributed by atoms with E-state index in [-0.39, 0.29) is 0 Å². The zero-order valence-electron chi connectivity index (χ0n) is 13.3. The molecule has 1 heterocycles. The van der Waals surface area contributed by atoms with Crippen LogP contribution in [0.1, 0.15) is 45.2 Å². The van der Waals surface area contributed by atoms with Gasteiger partial charge in [0.15, 0.2) is 0 Å². The van der Waals surface area contributed by atoms with Crippen LogP contribution in [0.5, 0.6) is 0 Å². The fraction of sp³-hybridized carbons (Fsp3) is 0.667. The molecule has 1 aromatic carbocycles. The molecule has 1 aliphatic carbocycles. The normalized spacial score (nSPS) is 33.2. The van der Waals surface area contributed by atoms with Gasteiger partial charge in [-0.2, -0.15) is 0 Å². The summed E-state index contributed by atoms with van der Waals surface area (Å²) in [6.45, 7) is 12.0. The van der Waals surface area contributed by atoms with Crippen LogP contribution >= 0.6 is 0 Å². The van der Waals surface area contributed by atoms with Crippen molar-refractivity contribution in [1.29, 1.82) is 0 Å². The molecule has 3 atom stereocenters. The molecule has 1 fully saturated rings. The zero-order chi connectivity index (χ0) is 14.5. The van der Waals surface area contributed by atoms with E-state index in [2.05, 4.69) is 50.8 Å². The van der Waals surface area contributed by atoms with Gasteiger partial charge in [0.25, 0.3) is 0 Å². The Kier molecular flexibility index (Phi) is 3.32. The lowest BCUT2D eigenvalue weighted by molar-refractivity contribution is 0.0242. The summed E-state index contributed by atoms with van der Waals surface area (Å²) >= 11 is 0. The molecule has 110 valence electrons. The number of fused-ring (bicyclic) bond motifs is 4. The molecule has 1 unspecified atom stereocenters. The maximum absolute atomic E-state index is 6.04. The van der Waals surface area contributed by atoms with E-state index in [1.165, 1.54) is 37.1 Å². The standard InChI is InChI=1S/C18H28N2/c1-12(2)11-20-8-7-18(4)13(3)17(20)9-14-5-6-15(19)10-16(14)18/h5-6,10,12-13,17H,7-9,11,19H2,1-4H3/t13-,17?,18-/m0/s1. The summed E-state index contributed by atoms with van der Waals surface area (Å²) in [5, 5.41) is 0. The zero-order valence-corrected chi connectivity index (χ0v) is 13.3. The Hall–Kier alpha value is -1.02. The van der Waals surface area contributed by atoms with Crippen molar-refractivity contribution >= 4 is 5.69 Å². The number of piperidine rings is 1. The Morgan fingerprint density at radius 3 is 2.85 bits per heavy atom. The number of likely N-dealkylation sites (tertiary alicyclic amines) is 1. The first-order valence-electron chi connectivity index (χ1n) is 8.05. The van der Waals surface area contributed by atoms with Crippen LogP contribution < -0.4 is 5.73 Å². The second-order valence-corrected chi connectivity index (χ2v) is 7.53. The Labute approximate surface area is 123 Å². The van der Waals surface area contributed by atoms with Crippen LogP contribution in [0, 0.1) is 11.8 Å². The number of nitrogens with zero attached hydrogens (tertiary/aromatic N) is 1. The minimum Gasteiger partial charge on any atom is -0.399 e. The van der Waals surface area contributed by atoms with E-state index in [0.29, 0.717) is 17.4 Å². The molecule has 2 heteroatoms. The average Bonchev–Trinajstić information content (AvgIpc) is 2.38. The van der Waals surface area contributed by atoms with Gasteiger partial charge in [0.05, 0.1) is 0 Å². The van der Waals surface area contributed by atoms with Gasteiger partial charge in [0.1, 0.15) is 0 Å². The molecule has 0 aromatic heterocycles. The third kappa shape index (κ3) is 2.05. The third-order valence-corrected chi connectivity index (χ3v) is 5.75. The van der Waals surface area contributed by atoms with Crippen LogP contribution in [0.2, 0.25) is 0 Å². The highest BCUT2D eigenvalue weighted by Gasteiger charge is 2.48. The quantitative estimate of drug-likeness (QED) is 0.836. The van der Waals surface area contributed by atoms with E-state index >= 15 is 0 Å². The van der Waals surface area contributed by atoms with Crippen LogP contribution in [0.3, 0.4) is 0 Å². The van der Waals surface area contributed by atoms with E-state index in [0.717, 1.165) is 11.6 Å². The van der Waals surface area contributed by atoms with Crippen LogP contribution in [0.4, 0.5) is 5.69 Å². The average molecular weight is 272 g/mol. The molecule has 0 amide bonds. The van der Waals surface area contributed by atoms with E-state index in [1.807, 2.05) is 0 Å². The molecular weight excluding hydrogens is 244 g/mol. The van der Waals surface area contributed by atoms with Gasteiger partial charge in [0, 0.05) is 18.3 Å². The third-order valence-electron chi connectivity index (χ3n) is 5.75. The number of hydrogen-bond donors (Lipinski definition) is 1. The summed E-state index contributed by atoms with van der Waals surface area (Å²) in [5.41, 5.74) is 10.3. The van der Waals surface area contributed by atoms with Crippen molar-refractivity contribution in [2.45, 2.75) is 52.0 Å². The number of nitrogen functional groups attached to an aromatic ring is 1. The van der Waals surface area contributed by atoms with E-state index in [4.69, 9.17) is 5.73 Å². The highest BCUT2D eigenvalue weighted by molar-refractivity contribution is 5.50. The van der Waals surface area contributed by atoms with Gasteiger partial charge < -0.3 is 5.73 Å². The van der Waals surface area contributed by atoms with Crippen LogP contribution in [-0.4, -0.2) is 24.0 Å². The van der Waals surface area contributed by atoms with Gasteiger partial charge in [0.2, 0.25) is 0 Å². The van der Waals surface area contributed by atoms with Crippen molar-refractivity contribution in [3.63, 3.8) is 0 Å². The smallest absolute Gasteiger partial charge is 0.0317 e. The topological polar surface area (TPSA) is 29.3 Å². The Balaban J connectivity index is 1.99. The highest BCUT2D eigenvalue weighted by Crippen LogP contribution is 2.49. The molecule has 1 aliphatic heterocycles. The molecule has 3 rings (SSSR count). The van der Waals surface area contributed by atoms with Crippen molar-refractivity contribution in [2.24, 2.45) is 11.8 Å². The number of anilines is 1. The summed E-state index contributed by atoms with van der Waals surface area (Å²) in [7, 11) is 0. The minimum absolute atomic E-state index is 0.307. The SMILES string of the molecule is CC(C)CN1CC[C@]2(C)c3cc(N)ccc3CC1[C@@H]2C. The van der Waals surface area contributed by atoms with Crippen molar-refractivity contribution in [3.05, 3.63) is 29.3 Å². The van der Waals surface area contributed by atoms with E-state index in [1.54, 1.807) is 0 Å². The molecule has 20 heavy (non-hydrogen) atoms. The van der Waals surface area contributed by atoms with E-state index < -0.39 is 0 Å². The van der Waals surface area contributed by atoms with Crippen molar-refractivity contribution in [2.75, 3.05) is 18.8 Å². The first-order chi connectivity index (χ1) is 9.41. The molecule has 2 N–H and O–H groups in total. The molecule has 0 spiro atoms. The molecule has 2 nitrogen and oxygen atoms in total. The van der Waals surface area contributed by atoms with Crippen molar-refractivity contribution in [3.8, 4) is 0 Å². The molecule has 0 saturated carbocycles. The first kappa shape index (κ1) is 13.9. The summed E-state index contributed by atoms with van der Waals surface area (Å²) in [6.07, 6.45) is 2.45. The number of nitrogens with two attached hydrogens (primary N) is 1. The lowest BCUT2D eigenvalue weighted by Gasteiger charge is -2.55. The van der Waals surface area contributed by atoms with Crippen LogP contribution in [-0.2, 0) is 11.8 Å². The molecule has 1 saturated heterocycles. The summed E-state index contributed by atoms with van der Waals surface area (Å²) in [5.74, 6) is 1.46. The van der Waals surface area contributed by atoms with Crippen molar-refractivity contribution in [1.82, 2.24) is 4.90 Å². The predicted octanol–water partition coefficient (Wildman–Crippen LogP) is 3.45. The summed E-state index contributed by atoms with van der Waals surface area (Å²) < 4.78 is 0. The Morgan fingerprint density at radius 2 is 2.15 bits per heavy atom. The van der Waals surface area contributed by atoms with E-state index in [9.17, 15) is 0 Å². The van der Waals surface area contributed by atoms with Gasteiger partial charge in [-0.25, -0.2) is 0 Å². The minimum atomic E-state index is 0.307. The largest absolute Gasteiger partial charge is 0.399 e. The molecule has 1 aromatic rings. The van der Waals surface area contributed by atoms with Gasteiger partial charge in [-0.05, 0) is 59.9 Å². The first-order valence-corrected chi connectivity index (χ1v) is 8.05. The maximum Gasteiger partial charge on any atom is 0.0317 e. The van der Waals surface area contributed by atoms with Gasteiger partial charge in [-0.3, -0.25) is 4.90 Å². The fourth-order valence-corrected chi connectivity index (χ4v) is 4.42. The Bertz CT molecular complexity index is 508. The highest BCUT2D eigenvalue weighted by atomic mass is 15.2. The number of benzene rings is 1.